The third-order valence-corrected chi connectivity index (χ3v) is 11.2. The zero-order valence-electron chi connectivity index (χ0n) is 23.1. The number of aryl methyl sites for hydroxylation is 1. The van der Waals surface area contributed by atoms with Crippen LogP contribution < -0.4 is 10.2 Å². The van der Waals surface area contributed by atoms with Crippen molar-refractivity contribution in [3.8, 4) is 10.6 Å². The lowest BCUT2D eigenvalue weighted by Crippen LogP contribution is -2.47. The minimum atomic E-state index is -4.75. The summed E-state index contributed by atoms with van der Waals surface area (Å²) in [4.78, 5) is 18.0. The molecule has 1 unspecified atom stereocenters. The Kier molecular flexibility index (Phi) is 7.66. The van der Waals surface area contributed by atoms with Gasteiger partial charge in [0.05, 0.1) is 56.8 Å². The predicted octanol–water partition coefficient (Wildman–Crippen LogP) is 4.05. The Labute approximate surface area is 245 Å². The van der Waals surface area contributed by atoms with Crippen molar-refractivity contribution in [1.82, 2.24) is 19.9 Å². The largest absolute Gasteiger partial charge is 0.420 e. The van der Waals surface area contributed by atoms with Gasteiger partial charge in [-0.15, -0.1) is 11.3 Å². The highest BCUT2D eigenvalue weighted by molar-refractivity contribution is 7.91. The molecular weight excluding hydrogens is 593 g/mol. The van der Waals surface area contributed by atoms with E-state index in [2.05, 4.69) is 25.1 Å². The molecule has 0 radical (unpaired) electrons. The quantitative estimate of drug-likeness (QED) is 0.399. The Bertz CT molecular complexity index is 1600. The smallest absolute Gasteiger partial charge is 0.395 e. The molecule has 0 saturated carbocycles. The van der Waals surface area contributed by atoms with Crippen LogP contribution in [0.5, 0.6) is 0 Å². The molecule has 15 heteroatoms. The number of anilines is 3. The van der Waals surface area contributed by atoms with Crippen LogP contribution in [-0.2, 0) is 27.2 Å². The monoisotopic (exact) mass is 624 g/mol. The fraction of sp³-hybridized carbons (Fsp3) is 0.519. The molecule has 2 fully saturated rings. The van der Waals surface area contributed by atoms with Crippen molar-refractivity contribution < 1.29 is 31.4 Å². The van der Waals surface area contributed by atoms with Gasteiger partial charge in [0, 0.05) is 37.9 Å². The van der Waals surface area contributed by atoms with E-state index in [-0.39, 0.29) is 34.7 Å². The van der Waals surface area contributed by atoms with Gasteiger partial charge in [-0.2, -0.15) is 13.2 Å². The SMILES string of the molecule is CCc1nc(N2C[C@H]3C[C@@H]2CN3CCO)ccc1Nc1ncc(C(F)(F)F)c(-c2cc3c(s2)C(C)OCCS3(=O)=O)n1. The molecule has 3 atom stereocenters. The first-order valence-corrected chi connectivity index (χ1v) is 16.3. The molecule has 10 nitrogen and oxygen atoms in total. The van der Waals surface area contributed by atoms with Crippen molar-refractivity contribution in [3.05, 3.63) is 40.5 Å². The van der Waals surface area contributed by atoms with E-state index in [9.17, 15) is 26.7 Å². The van der Waals surface area contributed by atoms with E-state index >= 15 is 0 Å². The van der Waals surface area contributed by atoms with Gasteiger partial charge in [-0.05, 0) is 38.0 Å². The minimum absolute atomic E-state index is 0.0168. The van der Waals surface area contributed by atoms with Crippen LogP contribution in [0.15, 0.2) is 29.3 Å². The van der Waals surface area contributed by atoms with Gasteiger partial charge in [0.1, 0.15) is 11.4 Å². The summed E-state index contributed by atoms with van der Waals surface area (Å²) in [6, 6.07) is 5.67. The zero-order valence-corrected chi connectivity index (χ0v) is 24.7. The van der Waals surface area contributed by atoms with E-state index in [1.165, 1.54) is 6.07 Å². The average Bonchev–Trinajstić information content (AvgIpc) is 3.66. The molecule has 0 spiro atoms. The molecule has 3 aliphatic rings. The number of aliphatic hydroxyl groups is 1. The summed E-state index contributed by atoms with van der Waals surface area (Å²) in [6.45, 7) is 6.13. The third kappa shape index (κ3) is 5.36. The standard InChI is InChI=1S/C27H31F3N6O4S2/c1-3-19-20(4-5-23(32-19)36-14-16-10-17(36)13-35(16)6-7-37)33-26-31-12-18(27(28,29)30)24(34-26)21-11-22-25(41-21)15(2)40-8-9-42(22,38)39/h4-5,11-12,15-17,37H,3,6-10,13-14H2,1-2H3,(H,31,33,34)/t15?,16-,17-/m1/s1. The van der Waals surface area contributed by atoms with Gasteiger partial charge in [0.2, 0.25) is 5.95 Å². The van der Waals surface area contributed by atoms with E-state index in [1.807, 2.05) is 19.1 Å². The summed E-state index contributed by atoms with van der Waals surface area (Å²) in [6.07, 6.45) is -3.03. The van der Waals surface area contributed by atoms with Crippen molar-refractivity contribution in [3.63, 3.8) is 0 Å². The summed E-state index contributed by atoms with van der Waals surface area (Å²) in [5, 5.41) is 12.3. The molecule has 2 saturated heterocycles. The number of pyridine rings is 1. The van der Waals surface area contributed by atoms with E-state index in [0.29, 0.717) is 41.3 Å². The number of sulfone groups is 1. The molecule has 2 bridgehead atoms. The molecule has 3 aromatic heterocycles. The van der Waals surface area contributed by atoms with Gasteiger partial charge in [-0.1, -0.05) is 6.92 Å². The molecule has 42 heavy (non-hydrogen) atoms. The summed E-state index contributed by atoms with van der Waals surface area (Å²) in [5.74, 6) is 0.532. The maximum atomic E-state index is 14.0. The second-order valence-electron chi connectivity index (χ2n) is 10.7. The molecular formula is C27H31F3N6O4S2. The molecule has 6 rings (SSSR count). The Hall–Kier alpha value is -2.85. The summed E-state index contributed by atoms with van der Waals surface area (Å²) >= 11 is 0.933. The fourth-order valence-corrected chi connectivity index (χ4v) is 8.92. The summed E-state index contributed by atoms with van der Waals surface area (Å²) in [7, 11) is -3.72. The third-order valence-electron chi connectivity index (χ3n) is 8.05. The van der Waals surface area contributed by atoms with Crippen LogP contribution in [0, 0.1) is 0 Å². The van der Waals surface area contributed by atoms with Crippen LogP contribution in [0.1, 0.15) is 42.5 Å². The van der Waals surface area contributed by atoms with E-state index in [1.54, 1.807) is 6.92 Å². The Morgan fingerprint density at radius 1 is 1.21 bits per heavy atom. The van der Waals surface area contributed by atoms with Crippen molar-refractivity contribution in [2.45, 2.75) is 55.9 Å². The van der Waals surface area contributed by atoms with Crippen molar-refractivity contribution >= 4 is 38.6 Å². The number of fused-ring (bicyclic) bond motifs is 3. The first-order chi connectivity index (χ1) is 20.0. The minimum Gasteiger partial charge on any atom is -0.395 e. The lowest BCUT2D eigenvalue weighted by Gasteiger charge is -2.34. The lowest BCUT2D eigenvalue weighted by molar-refractivity contribution is -0.137. The molecule has 6 heterocycles. The van der Waals surface area contributed by atoms with Crippen LogP contribution >= 0.6 is 11.3 Å². The topological polar surface area (TPSA) is 121 Å². The van der Waals surface area contributed by atoms with Crippen LogP contribution in [0.25, 0.3) is 10.6 Å². The number of nitrogens with one attached hydrogen (secondary N) is 1. The number of alkyl halides is 3. The normalized spacial score (nSPS) is 23.7. The van der Waals surface area contributed by atoms with Gasteiger partial charge >= 0.3 is 6.18 Å². The van der Waals surface area contributed by atoms with Gasteiger partial charge in [0.15, 0.2) is 9.84 Å². The first kappa shape index (κ1) is 29.2. The number of ether oxygens (including phenoxy) is 1. The van der Waals surface area contributed by atoms with Crippen molar-refractivity contribution in [2.75, 3.05) is 48.8 Å². The zero-order chi connectivity index (χ0) is 29.8. The number of β-amino-alcohol motifs (C(OH)–C–C–N with tert-alkyl or cyclic N) is 1. The number of rotatable bonds is 7. The number of nitrogens with zero attached hydrogens (tertiary/aromatic N) is 5. The summed E-state index contributed by atoms with van der Waals surface area (Å²) in [5.41, 5.74) is -0.167. The lowest BCUT2D eigenvalue weighted by atomic mass is 10.2. The highest BCUT2D eigenvalue weighted by atomic mass is 32.2. The van der Waals surface area contributed by atoms with Crippen LogP contribution in [0.3, 0.4) is 0 Å². The van der Waals surface area contributed by atoms with Gasteiger partial charge in [-0.3, -0.25) is 4.90 Å². The predicted molar refractivity (Wildman–Crippen MR) is 152 cm³/mol. The molecule has 226 valence electrons. The second-order valence-corrected chi connectivity index (χ2v) is 13.8. The Morgan fingerprint density at radius 3 is 2.71 bits per heavy atom. The molecule has 0 aliphatic carbocycles. The number of thiophene rings is 1. The maximum absolute atomic E-state index is 14.0. The van der Waals surface area contributed by atoms with Gasteiger partial charge < -0.3 is 20.1 Å². The number of likely N-dealkylation sites (tertiary alicyclic amines) is 1. The Balaban J connectivity index is 1.31. The number of halogens is 3. The maximum Gasteiger partial charge on any atom is 0.420 e. The van der Waals surface area contributed by atoms with E-state index in [4.69, 9.17) is 9.72 Å². The van der Waals surface area contributed by atoms with Crippen LogP contribution in [-0.4, -0.2) is 84.1 Å². The van der Waals surface area contributed by atoms with Gasteiger partial charge in [-0.25, -0.2) is 23.4 Å². The number of aromatic nitrogens is 3. The second kappa shape index (κ2) is 11.0. The van der Waals surface area contributed by atoms with Crippen molar-refractivity contribution in [1.29, 1.82) is 0 Å². The molecule has 3 aromatic rings. The number of hydrogen-bond donors (Lipinski definition) is 2. The van der Waals surface area contributed by atoms with Crippen LogP contribution in [0.2, 0.25) is 0 Å². The molecule has 0 aromatic carbocycles. The Morgan fingerprint density at radius 2 is 2.02 bits per heavy atom. The fourth-order valence-electron chi connectivity index (χ4n) is 5.97. The summed E-state index contributed by atoms with van der Waals surface area (Å²) < 4.78 is 73.3. The van der Waals surface area contributed by atoms with Crippen molar-refractivity contribution in [2.24, 2.45) is 0 Å². The molecule has 0 amide bonds. The van der Waals surface area contributed by atoms with E-state index < -0.39 is 33.4 Å². The van der Waals surface area contributed by atoms with Gasteiger partial charge in [0.25, 0.3) is 0 Å². The number of aliphatic hydroxyl groups excluding tert-OH is 1. The highest BCUT2D eigenvalue weighted by Gasteiger charge is 2.43. The van der Waals surface area contributed by atoms with Crippen LogP contribution in [0.4, 0.5) is 30.6 Å². The van der Waals surface area contributed by atoms with E-state index in [0.717, 1.165) is 42.9 Å². The number of hydrogen-bond acceptors (Lipinski definition) is 11. The average molecular weight is 625 g/mol. The molecule has 2 N–H and O–H groups in total. The molecule has 3 aliphatic heterocycles. The number of piperazine rings is 1. The first-order valence-electron chi connectivity index (χ1n) is 13.8. The highest BCUT2D eigenvalue weighted by Crippen LogP contribution is 2.44.